The van der Waals surface area contributed by atoms with E-state index in [0.29, 0.717) is 38.3 Å². The molecule has 10 heteroatoms. The van der Waals surface area contributed by atoms with Crippen molar-refractivity contribution in [1.82, 2.24) is 15.2 Å². The summed E-state index contributed by atoms with van der Waals surface area (Å²) in [6.07, 6.45) is 7.54. The van der Waals surface area contributed by atoms with Crippen molar-refractivity contribution in [3.05, 3.63) is 96.7 Å². The molecule has 0 radical (unpaired) electrons. The summed E-state index contributed by atoms with van der Waals surface area (Å²) in [5.41, 5.74) is 3.43. The van der Waals surface area contributed by atoms with Crippen LogP contribution in [-0.2, 0) is 12.0 Å². The van der Waals surface area contributed by atoms with Crippen LogP contribution in [-0.4, -0.2) is 42.1 Å². The Morgan fingerprint density at radius 3 is 2.47 bits per heavy atom. The van der Waals surface area contributed by atoms with Crippen LogP contribution in [0.25, 0.3) is 6.08 Å². The van der Waals surface area contributed by atoms with Crippen LogP contribution in [0, 0.1) is 0 Å². The number of hydrogen-bond donors (Lipinski definition) is 1. The van der Waals surface area contributed by atoms with Crippen LogP contribution in [0.3, 0.4) is 0 Å². The van der Waals surface area contributed by atoms with Crippen LogP contribution < -0.4 is 10.2 Å². The van der Waals surface area contributed by atoms with Crippen molar-refractivity contribution in [2.45, 2.75) is 24.8 Å². The molecule has 1 N–H and O–H groups in total. The van der Waals surface area contributed by atoms with Crippen molar-refractivity contribution in [1.29, 1.82) is 0 Å². The van der Waals surface area contributed by atoms with Crippen molar-refractivity contribution in [2.24, 2.45) is 0 Å². The SMILES string of the molecule is O=C(NCc1ccnc(Cl)c1)N1CC2(CCN(CC=Cc3ccc(Cl)c(Cl)c3)CC2)c2c1ccc(Cl)c2Cl. The van der Waals surface area contributed by atoms with E-state index in [2.05, 4.69) is 27.4 Å². The third-order valence-electron chi connectivity index (χ3n) is 7.27. The highest BCUT2D eigenvalue weighted by Crippen LogP contribution is 2.51. The van der Waals surface area contributed by atoms with Gasteiger partial charge >= 0.3 is 6.03 Å². The van der Waals surface area contributed by atoms with E-state index >= 15 is 0 Å². The van der Waals surface area contributed by atoms with Crippen LogP contribution >= 0.6 is 58.0 Å². The van der Waals surface area contributed by atoms with Gasteiger partial charge in [-0.15, -0.1) is 0 Å². The largest absolute Gasteiger partial charge is 0.334 e. The highest BCUT2D eigenvalue weighted by molar-refractivity contribution is 6.43. The number of aromatic nitrogens is 1. The van der Waals surface area contributed by atoms with Gasteiger partial charge in [-0.05, 0) is 73.5 Å². The standard InChI is InChI=1S/C28H25Cl5N4O/c29-20-4-3-18(14-22(20)31)2-1-11-36-12-8-28(9-13-36)17-37(23-6-5-21(30)26(33)25(23)28)27(38)35-16-19-7-10-34-24(32)15-19/h1-7,10,14-15H,8-9,11-13,16-17H2,(H,35,38). The molecule has 0 saturated carbocycles. The summed E-state index contributed by atoms with van der Waals surface area (Å²) in [6, 6.07) is 12.6. The third kappa shape index (κ3) is 5.79. The van der Waals surface area contributed by atoms with Crippen molar-refractivity contribution < 1.29 is 4.79 Å². The van der Waals surface area contributed by atoms with Crippen LogP contribution in [0.15, 0.2) is 54.7 Å². The first kappa shape index (κ1) is 27.6. The van der Waals surface area contributed by atoms with E-state index in [4.69, 9.17) is 58.0 Å². The minimum atomic E-state index is -0.251. The second kappa shape index (κ2) is 11.6. The van der Waals surface area contributed by atoms with Gasteiger partial charge in [0.05, 0.1) is 25.8 Å². The summed E-state index contributed by atoms with van der Waals surface area (Å²) in [5.74, 6) is 0. The Balaban J connectivity index is 1.28. The molecule has 0 atom stereocenters. The van der Waals surface area contributed by atoms with Gasteiger partial charge in [0.15, 0.2) is 0 Å². The van der Waals surface area contributed by atoms with E-state index in [1.165, 1.54) is 0 Å². The lowest BCUT2D eigenvalue weighted by molar-refractivity contribution is 0.180. The lowest BCUT2D eigenvalue weighted by atomic mass is 9.74. The number of piperidine rings is 1. The molecule has 5 rings (SSSR count). The van der Waals surface area contributed by atoms with Gasteiger partial charge < -0.3 is 5.32 Å². The van der Waals surface area contributed by atoms with Gasteiger partial charge in [0.2, 0.25) is 0 Å². The predicted molar refractivity (Wildman–Crippen MR) is 158 cm³/mol. The number of amides is 2. The Morgan fingerprint density at radius 1 is 0.974 bits per heavy atom. The fourth-order valence-electron chi connectivity index (χ4n) is 5.27. The number of nitrogens with zero attached hydrogens (tertiary/aromatic N) is 3. The minimum absolute atomic E-state index is 0.179. The summed E-state index contributed by atoms with van der Waals surface area (Å²) in [4.78, 5) is 21.5. The Hall–Kier alpha value is -1.99. The maximum absolute atomic E-state index is 13.3. The molecule has 0 unspecified atom stereocenters. The van der Waals surface area contributed by atoms with Crippen LogP contribution in [0.2, 0.25) is 25.2 Å². The zero-order valence-electron chi connectivity index (χ0n) is 20.4. The van der Waals surface area contributed by atoms with Crippen LogP contribution in [0.5, 0.6) is 0 Å². The number of urea groups is 1. The smallest absolute Gasteiger partial charge is 0.322 e. The fraction of sp³-hybridized carbons (Fsp3) is 0.286. The van der Waals surface area contributed by atoms with Crippen LogP contribution in [0.4, 0.5) is 10.5 Å². The molecule has 2 aliphatic heterocycles. The highest BCUT2D eigenvalue weighted by Gasteiger charge is 2.48. The number of pyridine rings is 1. The van der Waals surface area contributed by atoms with Crippen LogP contribution in [0.1, 0.15) is 29.5 Å². The number of nitrogens with one attached hydrogen (secondary N) is 1. The molecular weight excluding hydrogens is 586 g/mol. The monoisotopic (exact) mass is 608 g/mol. The summed E-state index contributed by atoms with van der Waals surface area (Å²) < 4.78 is 0. The Kier molecular flexibility index (Phi) is 8.44. The van der Waals surface area contributed by atoms with Gasteiger partial charge in [0, 0.05) is 36.8 Å². The predicted octanol–water partition coefficient (Wildman–Crippen LogP) is 8.13. The number of carbonyl (C=O) groups excluding carboxylic acids is 1. The zero-order chi connectivity index (χ0) is 26.9. The molecule has 0 bridgehead atoms. The number of carbonyl (C=O) groups is 1. The van der Waals surface area contributed by atoms with Crippen molar-refractivity contribution in [3.8, 4) is 0 Å². The molecule has 1 fully saturated rings. The van der Waals surface area contributed by atoms with E-state index in [1.807, 2.05) is 24.3 Å². The quantitative estimate of drug-likeness (QED) is 0.297. The normalized spacial score (nSPS) is 16.8. The molecule has 0 aliphatic carbocycles. The van der Waals surface area contributed by atoms with Crippen molar-refractivity contribution in [2.75, 3.05) is 31.1 Å². The average Bonchev–Trinajstić information content (AvgIpc) is 3.22. The second-order valence-electron chi connectivity index (χ2n) is 9.64. The van der Waals surface area contributed by atoms with E-state index in [-0.39, 0.29) is 11.4 Å². The molecule has 2 aliphatic rings. The summed E-state index contributed by atoms with van der Waals surface area (Å²) in [5, 5.41) is 5.53. The molecule has 3 aromatic rings. The lowest BCUT2D eigenvalue weighted by Gasteiger charge is -2.39. The van der Waals surface area contributed by atoms with E-state index < -0.39 is 0 Å². The van der Waals surface area contributed by atoms with Gasteiger partial charge in [-0.2, -0.15) is 0 Å². The van der Waals surface area contributed by atoms with Gasteiger partial charge in [0.25, 0.3) is 0 Å². The number of halogens is 5. The first-order valence-electron chi connectivity index (χ1n) is 12.2. The molecule has 1 saturated heterocycles. The minimum Gasteiger partial charge on any atom is -0.334 e. The van der Waals surface area contributed by atoms with E-state index in [9.17, 15) is 4.79 Å². The average molecular weight is 611 g/mol. The number of likely N-dealkylation sites (tertiary alicyclic amines) is 1. The molecule has 3 heterocycles. The number of anilines is 1. The maximum atomic E-state index is 13.3. The fourth-order valence-corrected chi connectivity index (χ4v) is 6.29. The number of rotatable bonds is 5. The zero-order valence-corrected chi connectivity index (χ0v) is 24.1. The molecule has 2 amide bonds. The van der Waals surface area contributed by atoms with Gasteiger partial charge in [0.1, 0.15) is 5.15 Å². The second-order valence-corrected chi connectivity index (χ2v) is 11.6. The van der Waals surface area contributed by atoms with E-state index in [0.717, 1.165) is 54.9 Å². The first-order chi connectivity index (χ1) is 18.3. The van der Waals surface area contributed by atoms with Crippen molar-refractivity contribution in [3.63, 3.8) is 0 Å². The Labute approximate surface area is 247 Å². The topological polar surface area (TPSA) is 48.5 Å². The number of fused-ring (bicyclic) bond motifs is 2. The number of hydrogen-bond acceptors (Lipinski definition) is 3. The maximum Gasteiger partial charge on any atom is 0.322 e. The first-order valence-corrected chi connectivity index (χ1v) is 14.1. The number of benzene rings is 2. The van der Waals surface area contributed by atoms with Gasteiger partial charge in [-0.3, -0.25) is 9.80 Å². The summed E-state index contributed by atoms with van der Waals surface area (Å²) >= 11 is 31.4. The molecule has 5 nitrogen and oxygen atoms in total. The molecule has 1 spiro atoms. The molecule has 198 valence electrons. The highest BCUT2D eigenvalue weighted by atomic mass is 35.5. The summed E-state index contributed by atoms with van der Waals surface area (Å²) in [7, 11) is 0. The molecular formula is C28H25Cl5N4O. The Bertz CT molecular complexity index is 1390. The molecule has 2 aromatic carbocycles. The third-order valence-corrected chi connectivity index (χ3v) is 9.02. The molecule has 38 heavy (non-hydrogen) atoms. The van der Waals surface area contributed by atoms with Gasteiger partial charge in [-0.1, -0.05) is 76.2 Å². The van der Waals surface area contributed by atoms with E-state index in [1.54, 1.807) is 29.3 Å². The Morgan fingerprint density at radius 2 is 1.74 bits per heavy atom. The van der Waals surface area contributed by atoms with Crippen molar-refractivity contribution >= 4 is 75.8 Å². The van der Waals surface area contributed by atoms with Gasteiger partial charge in [-0.25, -0.2) is 9.78 Å². The summed E-state index contributed by atoms with van der Waals surface area (Å²) in [6.45, 7) is 3.46. The lowest BCUT2D eigenvalue weighted by Crippen LogP contribution is -2.47. The molecule has 1 aromatic heterocycles.